The van der Waals surface area contributed by atoms with E-state index in [0.717, 1.165) is 5.82 Å². The molecule has 1 N–H and O–H groups in total. The first-order chi connectivity index (χ1) is 14.0. The second kappa shape index (κ2) is 7.90. The summed E-state index contributed by atoms with van der Waals surface area (Å²) in [5, 5.41) is 2.97. The van der Waals surface area contributed by atoms with Crippen LogP contribution in [-0.4, -0.2) is 62.0 Å². The zero-order valence-electron chi connectivity index (χ0n) is 16.7. The summed E-state index contributed by atoms with van der Waals surface area (Å²) < 4.78 is 8.37. The third kappa shape index (κ3) is 3.87. The normalized spacial score (nSPS) is 20.5. The van der Waals surface area contributed by atoms with Crippen molar-refractivity contribution in [3.63, 3.8) is 0 Å². The monoisotopic (exact) mass is 398 g/mol. The van der Waals surface area contributed by atoms with E-state index >= 15 is 0 Å². The predicted octanol–water partition coefficient (Wildman–Crippen LogP) is 0.976. The molecule has 2 aliphatic rings. The molecular weight excluding hydrogens is 372 g/mol. The number of nitrogens with zero attached hydrogens (tertiary/aromatic N) is 5. The van der Waals surface area contributed by atoms with Crippen molar-refractivity contribution < 1.29 is 14.3 Å². The highest BCUT2D eigenvalue weighted by Gasteiger charge is 2.47. The van der Waals surface area contributed by atoms with E-state index in [1.807, 2.05) is 10.8 Å². The zero-order valence-corrected chi connectivity index (χ0v) is 16.7. The third-order valence-corrected chi connectivity index (χ3v) is 5.47. The lowest BCUT2D eigenvalue weighted by molar-refractivity contribution is -0.172. The first-order valence-electron chi connectivity index (χ1n) is 10.0. The van der Waals surface area contributed by atoms with Crippen LogP contribution in [0.15, 0.2) is 31.0 Å². The highest BCUT2D eigenvalue weighted by molar-refractivity contribution is 5.92. The standard InChI is InChI=1S/C20H26N6O3/c1-14(2)11-24-17(27)16-13-26-10-7-23-19(26)20(29-16)3-8-25(9-4-20)18(28)15-12-21-5-6-22-15/h5-7,10,12,14,16H,3-4,8-9,11,13H2,1-2H3,(H,24,27). The van der Waals surface area contributed by atoms with Gasteiger partial charge in [0.2, 0.25) is 0 Å². The molecule has 0 saturated carbocycles. The SMILES string of the molecule is CC(C)CNC(=O)C1Cn2ccnc2C2(CCN(C(=O)c3cnccn3)CC2)O1. The molecule has 9 nitrogen and oxygen atoms in total. The number of carbonyl (C=O) groups excluding carboxylic acids is 2. The number of aromatic nitrogens is 4. The molecule has 1 unspecified atom stereocenters. The predicted molar refractivity (Wildman–Crippen MR) is 104 cm³/mol. The lowest BCUT2D eigenvalue weighted by atomic mass is 9.88. The fraction of sp³-hybridized carbons (Fsp3) is 0.550. The summed E-state index contributed by atoms with van der Waals surface area (Å²) in [4.78, 5) is 39.7. The van der Waals surface area contributed by atoms with Crippen molar-refractivity contribution >= 4 is 11.8 Å². The van der Waals surface area contributed by atoms with Crippen LogP contribution in [-0.2, 0) is 21.7 Å². The Morgan fingerprint density at radius 2 is 2.03 bits per heavy atom. The van der Waals surface area contributed by atoms with Crippen molar-refractivity contribution in [1.29, 1.82) is 0 Å². The molecule has 0 aromatic carbocycles. The number of rotatable bonds is 4. The van der Waals surface area contributed by atoms with Gasteiger partial charge in [-0.2, -0.15) is 0 Å². The van der Waals surface area contributed by atoms with E-state index in [0.29, 0.717) is 50.6 Å². The van der Waals surface area contributed by atoms with Crippen LogP contribution in [0.4, 0.5) is 0 Å². The van der Waals surface area contributed by atoms with E-state index in [2.05, 4.69) is 34.1 Å². The van der Waals surface area contributed by atoms with Gasteiger partial charge in [0.1, 0.15) is 17.1 Å². The fourth-order valence-electron chi connectivity index (χ4n) is 3.94. The summed E-state index contributed by atoms with van der Waals surface area (Å²) >= 11 is 0. The first-order valence-corrected chi connectivity index (χ1v) is 10.0. The quantitative estimate of drug-likeness (QED) is 0.824. The average Bonchev–Trinajstić information content (AvgIpc) is 3.22. The number of fused-ring (bicyclic) bond motifs is 2. The molecule has 1 atom stereocenters. The summed E-state index contributed by atoms with van der Waals surface area (Å²) in [5.74, 6) is 0.960. The molecule has 0 radical (unpaired) electrons. The Morgan fingerprint density at radius 3 is 2.72 bits per heavy atom. The van der Waals surface area contributed by atoms with Crippen molar-refractivity contribution in [2.24, 2.45) is 5.92 Å². The number of imidazole rings is 1. The molecule has 2 aromatic rings. The first kappa shape index (κ1) is 19.5. The van der Waals surface area contributed by atoms with E-state index in [9.17, 15) is 9.59 Å². The summed E-state index contributed by atoms with van der Waals surface area (Å²) in [6.45, 7) is 6.18. The van der Waals surface area contributed by atoms with Crippen molar-refractivity contribution in [2.45, 2.75) is 44.9 Å². The Kier molecular flexibility index (Phi) is 5.31. The summed E-state index contributed by atoms with van der Waals surface area (Å²) in [6.07, 6.45) is 8.74. The molecule has 0 bridgehead atoms. The van der Waals surface area contributed by atoms with E-state index in [1.54, 1.807) is 17.3 Å². The molecule has 1 saturated heterocycles. The van der Waals surface area contributed by atoms with Gasteiger partial charge in [-0.15, -0.1) is 0 Å². The molecule has 2 amide bonds. The van der Waals surface area contributed by atoms with Gasteiger partial charge in [0.25, 0.3) is 11.8 Å². The summed E-state index contributed by atoms with van der Waals surface area (Å²) in [6, 6.07) is 0. The second-order valence-electron chi connectivity index (χ2n) is 8.03. The minimum absolute atomic E-state index is 0.101. The number of likely N-dealkylation sites (tertiary alicyclic amines) is 1. The van der Waals surface area contributed by atoms with Gasteiger partial charge in [-0.25, -0.2) is 9.97 Å². The maximum absolute atomic E-state index is 12.7. The van der Waals surface area contributed by atoms with Crippen molar-refractivity contribution in [3.8, 4) is 0 Å². The van der Waals surface area contributed by atoms with Crippen molar-refractivity contribution in [1.82, 2.24) is 29.7 Å². The van der Waals surface area contributed by atoms with Crippen LogP contribution in [0.1, 0.15) is 43.0 Å². The maximum atomic E-state index is 12.7. The highest BCUT2D eigenvalue weighted by atomic mass is 16.5. The Labute approximate surface area is 169 Å². The lowest BCUT2D eigenvalue weighted by Gasteiger charge is -2.45. The number of piperidine rings is 1. The van der Waals surface area contributed by atoms with Gasteiger partial charge in [-0.1, -0.05) is 13.8 Å². The number of nitrogens with one attached hydrogen (secondary N) is 1. The summed E-state index contributed by atoms with van der Waals surface area (Å²) in [5.41, 5.74) is -0.332. The van der Waals surface area contributed by atoms with Gasteiger partial charge in [0.15, 0.2) is 6.10 Å². The van der Waals surface area contributed by atoms with Crippen LogP contribution in [0, 0.1) is 5.92 Å². The number of amides is 2. The molecule has 4 rings (SSSR count). The van der Waals surface area contributed by atoms with E-state index < -0.39 is 11.7 Å². The Morgan fingerprint density at radius 1 is 1.24 bits per heavy atom. The minimum Gasteiger partial charge on any atom is -0.354 e. The topological polar surface area (TPSA) is 102 Å². The number of ether oxygens (including phenoxy) is 1. The number of carbonyl (C=O) groups is 2. The van der Waals surface area contributed by atoms with Gasteiger partial charge < -0.3 is 19.5 Å². The molecule has 29 heavy (non-hydrogen) atoms. The highest BCUT2D eigenvalue weighted by Crippen LogP contribution is 2.40. The van der Waals surface area contributed by atoms with Crippen LogP contribution >= 0.6 is 0 Å². The second-order valence-corrected chi connectivity index (χ2v) is 8.03. The van der Waals surface area contributed by atoms with E-state index in [1.165, 1.54) is 12.4 Å². The minimum atomic E-state index is -0.666. The van der Waals surface area contributed by atoms with Crippen LogP contribution in [0.3, 0.4) is 0 Å². The number of hydrogen-bond acceptors (Lipinski definition) is 6. The lowest BCUT2D eigenvalue weighted by Crippen LogP contribution is -2.55. The zero-order chi connectivity index (χ0) is 20.4. The van der Waals surface area contributed by atoms with Gasteiger partial charge in [-0.3, -0.25) is 14.6 Å². The Bertz CT molecular complexity index is 873. The van der Waals surface area contributed by atoms with Gasteiger partial charge in [0.05, 0.1) is 12.7 Å². The maximum Gasteiger partial charge on any atom is 0.274 e. The molecule has 4 heterocycles. The summed E-state index contributed by atoms with van der Waals surface area (Å²) in [7, 11) is 0. The Hall–Kier alpha value is -2.81. The molecule has 154 valence electrons. The van der Waals surface area contributed by atoms with E-state index in [4.69, 9.17) is 4.74 Å². The Balaban J connectivity index is 1.49. The van der Waals surface area contributed by atoms with Crippen LogP contribution in [0.25, 0.3) is 0 Å². The van der Waals surface area contributed by atoms with Crippen LogP contribution < -0.4 is 5.32 Å². The molecule has 9 heteroatoms. The molecular formula is C20H26N6O3. The largest absolute Gasteiger partial charge is 0.354 e. The van der Waals surface area contributed by atoms with E-state index in [-0.39, 0.29) is 11.8 Å². The van der Waals surface area contributed by atoms with Crippen LogP contribution in [0.5, 0.6) is 0 Å². The number of hydrogen-bond donors (Lipinski definition) is 1. The molecule has 1 fully saturated rings. The van der Waals surface area contributed by atoms with Crippen molar-refractivity contribution in [3.05, 3.63) is 42.5 Å². The van der Waals surface area contributed by atoms with Gasteiger partial charge in [0, 0.05) is 57.3 Å². The van der Waals surface area contributed by atoms with Gasteiger partial charge >= 0.3 is 0 Å². The molecule has 1 spiro atoms. The average molecular weight is 398 g/mol. The molecule has 2 aromatic heterocycles. The van der Waals surface area contributed by atoms with Crippen LogP contribution in [0.2, 0.25) is 0 Å². The van der Waals surface area contributed by atoms with Crippen molar-refractivity contribution in [2.75, 3.05) is 19.6 Å². The molecule has 0 aliphatic carbocycles. The fourth-order valence-corrected chi connectivity index (χ4v) is 3.94. The van der Waals surface area contributed by atoms with Gasteiger partial charge in [-0.05, 0) is 5.92 Å². The third-order valence-electron chi connectivity index (χ3n) is 5.47. The smallest absolute Gasteiger partial charge is 0.274 e. The molecule has 2 aliphatic heterocycles.